The average molecular weight is 445 g/mol. The van der Waals surface area contributed by atoms with Gasteiger partial charge in [0.2, 0.25) is 0 Å². The van der Waals surface area contributed by atoms with Crippen LogP contribution in [0.15, 0.2) is 0 Å². The number of aliphatic carboxylic acids is 3. The molecule has 0 bridgehead atoms. The maximum absolute atomic E-state index is 10.6. The molecule has 6 nitrogen and oxygen atoms in total. The van der Waals surface area contributed by atoms with Crippen molar-refractivity contribution in [2.75, 3.05) is 0 Å². The van der Waals surface area contributed by atoms with Crippen molar-refractivity contribution >= 4 is 17.9 Å². The molecule has 0 aliphatic rings. The molecule has 22 heavy (non-hydrogen) atoms. The fourth-order valence-corrected chi connectivity index (χ4v) is 0. The first-order valence-electron chi connectivity index (χ1n) is 3.73. The summed E-state index contributed by atoms with van der Waals surface area (Å²) in [6.07, 6.45) is -15.3. The molecule has 135 valence electrons. The van der Waals surface area contributed by atoms with Gasteiger partial charge in [-0.25, -0.2) is 14.4 Å². The number of carboxylic acid groups (broad SMARTS) is 3. The maximum atomic E-state index is 10.6. The molecule has 0 amide bonds. The van der Waals surface area contributed by atoms with Gasteiger partial charge in [0.25, 0.3) is 0 Å². The second kappa shape index (κ2) is 10.2. The predicted molar refractivity (Wildman–Crippen MR) is 41.1 cm³/mol. The van der Waals surface area contributed by atoms with Crippen molar-refractivity contribution < 1.29 is 88.7 Å². The molecule has 0 fully saturated rings. The summed E-state index contributed by atoms with van der Waals surface area (Å²) in [6.45, 7) is 0. The monoisotopic (exact) mass is 445 g/mol. The molecule has 0 saturated heterocycles. The average Bonchev–Trinajstić information content (AvgIpc) is 2.14. The van der Waals surface area contributed by atoms with Crippen LogP contribution in [0.1, 0.15) is 0 Å². The first kappa shape index (κ1) is 28.5. The Morgan fingerprint density at radius 2 is 0.545 bits per heavy atom. The van der Waals surface area contributed by atoms with E-state index in [0.717, 1.165) is 0 Å². The number of carbonyl (C=O) groups is 3. The van der Waals surface area contributed by atoms with E-state index in [2.05, 4.69) is 0 Å². The summed E-state index contributed by atoms with van der Waals surface area (Å²) < 4.78 is 95.2. The van der Waals surface area contributed by atoms with Gasteiger partial charge in [-0.05, 0) is 0 Å². The van der Waals surface area contributed by atoms with Crippen molar-refractivity contribution in [2.24, 2.45) is 0 Å². The Labute approximate surface area is 126 Å². The number of halogens is 9. The van der Waals surface area contributed by atoms with Crippen molar-refractivity contribution in [3.05, 3.63) is 0 Å². The molecule has 0 spiro atoms. The third-order valence-electron chi connectivity index (χ3n) is 0.728. The molecular weight excluding hydrogens is 442 g/mol. The van der Waals surface area contributed by atoms with Crippen LogP contribution < -0.4 is 0 Å². The number of alkyl halides is 9. The molecular formula is C6H3F9O6Rh. The fraction of sp³-hybridized carbons (Fsp3) is 0.500. The SMILES string of the molecule is O=C(O)C(F)(F)F.O=C(O)C(F)(F)F.O=C(O)C(F)(F)F.[Rh]. The summed E-state index contributed by atoms with van der Waals surface area (Å²) in [4.78, 5) is 26.7. The van der Waals surface area contributed by atoms with Crippen LogP contribution in [0.4, 0.5) is 39.5 Å². The normalized spacial score (nSPS) is 10.8. The van der Waals surface area contributed by atoms with Gasteiger partial charge in [-0.15, -0.1) is 0 Å². The summed E-state index contributed by atoms with van der Waals surface area (Å²) >= 11 is 0. The quantitative estimate of drug-likeness (QED) is 0.388. The molecule has 0 aromatic heterocycles. The van der Waals surface area contributed by atoms with Crippen LogP contribution >= 0.6 is 0 Å². The second-order valence-corrected chi connectivity index (χ2v) is 2.41. The largest absolute Gasteiger partial charge is 0.490 e. The van der Waals surface area contributed by atoms with Gasteiger partial charge in [-0.2, -0.15) is 39.5 Å². The van der Waals surface area contributed by atoms with E-state index >= 15 is 0 Å². The zero-order valence-corrected chi connectivity index (χ0v) is 10.9. The summed E-state index contributed by atoms with van der Waals surface area (Å²) in [5, 5.41) is 21.4. The molecule has 0 rings (SSSR count). The summed E-state index contributed by atoms with van der Waals surface area (Å²) in [5.74, 6) is -8.27. The van der Waals surface area contributed by atoms with Crippen molar-refractivity contribution in [2.45, 2.75) is 18.5 Å². The van der Waals surface area contributed by atoms with E-state index in [9.17, 15) is 39.5 Å². The zero-order chi connectivity index (χ0) is 18.2. The zero-order valence-electron chi connectivity index (χ0n) is 9.30. The van der Waals surface area contributed by atoms with Crippen LogP contribution in [0.3, 0.4) is 0 Å². The summed E-state index contributed by atoms with van der Waals surface area (Å²) in [6, 6.07) is 0. The van der Waals surface area contributed by atoms with Gasteiger partial charge >= 0.3 is 36.4 Å². The van der Waals surface area contributed by atoms with E-state index in [0.29, 0.717) is 0 Å². The Morgan fingerprint density at radius 3 is 0.545 bits per heavy atom. The van der Waals surface area contributed by atoms with Crippen molar-refractivity contribution in [1.82, 2.24) is 0 Å². The van der Waals surface area contributed by atoms with Gasteiger partial charge in [-0.3, -0.25) is 0 Å². The van der Waals surface area contributed by atoms with Crippen molar-refractivity contribution in [1.29, 1.82) is 0 Å². The third-order valence-corrected chi connectivity index (χ3v) is 0.728. The van der Waals surface area contributed by atoms with Gasteiger partial charge in [-0.1, -0.05) is 0 Å². The Bertz CT molecular complexity index is 313. The number of hydrogen-bond donors (Lipinski definition) is 3. The molecule has 0 atom stereocenters. The van der Waals surface area contributed by atoms with Crippen LogP contribution in [0.2, 0.25) is 0 Å². The minimum Gasteiger partial charge on any atom is -0.475 e. The van der Waals surface area contributed by atoms with E-state index in [-0.39, 0.29) is 19.5 Å². The Balaban J connectivity index is -0.000000108. The standard InChI is InChI=1S/3C2HF3O2.Rh/c3*3-2(4,5)1(6)7;/h3*(H,6,7);. The Hall–Kier alpha value is -1.60. The number of carboxylic acids is 3. The number of rotatable bonds is 0. The Kier molecular flexibility index (Phi) is 13.2. The van der Waals surface area contributed by atoms with Gasteiger partial charge in [0.1, 0.15) is 0 Å². The minimum atomic E-state index is -5.08. The second-order valence-electron chi connectivity index (χ2n) is 2.41. The van der Waals surface area contributed by atoms with Gasteiger partial charge in [0.15, 0.2) is 0 Å². The third kappa shape index (κ3) is 20.7. The summed E-state index contributed by atoms with van der Waals surface area (Å²) in [7, 11) is 0. The van der Waals surface area contributed by atoms with E-state index in [1.807, 2.05) is 0 Å². The van der Waals surface area contributed by atoms with Crippen molar-refractivity contribution in [3.8, 4) is 0 Å². The van der Waals surface area contributed by atoms with E-state index < -0.39 is 36.4 Å². The first-order valence-corrected chi connectivity index (χ1v) is 3.73. The molecule has 0 aliphatic carbocycles. The Morgan fingerprint density at radius 1 is 0.500 bits per heavy atom. The molecule has 0 saturated carbocycles. The molecule has 16 heteroatoms. The van der Waals surface area contributed by atoms with Crippen LogP contribution in [-0.2, 0) is 33.9 Å². The maximum Gasteiger partial charge on any atom is 0.490 e. The summed E-state index contributed by atoms with van der Waals surface area (Å²) in [5.41, 5.74) is 0. The topological polar surface area (TPSA) is 112 Å². The molecule has 3 N–H and O–H groups in total. The molecule has 1 radical (unpaired) electrons. The van der Waals surface area contributed by atoms with Crippen LogP contribution in [0.5, 0.6) is 0 Å². The molecule has 0 aliphatic heterocycles. The van der Waals surface area contributed by atoms with E-state index in [4.69, 9.17) is 29.7 Å². The van der Waals surface area contributed by atoms with E-state index in [1.165, 1.54) is 0 Å². The predicted octanol–water partition coefficient (Wildman–Crippen LogP) is 1.90. The smallest absolute Gasteiger partial charge is 0.475 e. The van der Waals surface area contributed by atoms with E-state index in [1.54, 1.807) is 0 Å². The molecule has 0 unspecified atom stereocenters. The first-order chi connectivity index (χ1) is 8.83. The van der Waals surface area contributed by atoms with Crippen LogP contribution in [0, 0.1) is 0 Å². The molecule has 0 aromatic rings. The molecule has 0 heterocycles. The van der Waals surface area contributed by atoms with Gasteiger partial charge in [0, 0.05) is 19.5 Å². The molecule has 0 aromatic carbocycles. The van der Waals surface area contributed by atoms with Gasteiger partial charge < -0.3 is 15.3 Å². The van der Waals surface area contributed by atoms with Crippen LogP contribution in [-0.4, -0.2) is 51.8 Å². The minimum absolute atomic E-state index is 0. The van der Waals surface area contributed by atoms with Crippen LogP contribution in [0.25, 0.3) is 0 Å². The fourth-order valence-electron chi connectivity index (χ4n) is 0. The van der Waals surface area contributed by atoms with Gasteiger partial charge in [0.05, 0.1) is 0 Å². The van der Waals surface area contributed by atoms with Crippen molar-refractivity contribution in [3.63, 3.8) is 0 Å². The number of hydrogen-bond acceptors (Lipinski definition) is 3.